The molecule has 0 spiro atoms. The number of hydrogen-bond donors (Lipinski definition) is 3. The zero-order valence-electron chi connectivity index (χ0n) is 21.1. The third-order valence-corrected chi connectivity index (χ3v) is 7.89. The number of anilines is 1. The number of para-hydroxylation sites is 1. The summed E-state index contributed by atoms with van der Waals surface area (Å²) in [4.78, 5) is 3.47. The molecule has 1 aliphatic heterocycles. The van der Waals surface area contributed by atoms with Crippen molar-refractivity contribution in [3.63, 3.8) is 0 Å². The van der Waals surface area contributed by atoms with Crippen molar-refractivity contribution in [3.8, 4) is 23.0 Å². The second kappa shape index (κ2) is 8.48. The van der Waals surface area contributed by atoms with Crippen molar-refractivity contribution in [3.05, 3.63) is 87.1 Å². The zero-order valence-corrected chi connectivity index (χ0v) is 21.9. The van der Waals surface area contributed by atoms with Crippen molar-refractivity contribution < 1.29 is 5.11 Å². The van der Waals surface area contributed by atoms with Gasteiger partial charge in [0.05, 0.1) is 17.2 Å². The van der Waals surface area contributed by atoms with Gasteiger partial charge >= 0.3 is 0 Å². The number of nitrogens with one attached hydrogen (secondary N) is 2. The lowest BCUT2D eigenvalue weighted by Gasteiger charge is -2.43. The summed E-state index contributed by atoms with van der Waals surface area (Å²) < 4.78 is 0. The molecule has 0 saturated heterocycles. The van der Waals surface area contributed by atoms with Gasteiger partial charge in [-0.25, -0.2) is 0 Å². The summed E-state index contributed by atoms with van der Waals surface area (Å²) in [6.07, 6.45) is 1.50. The first-order valence-corrected chi connectivity index (χ1v) is 12.5. The first-order chi connectivity index (χ1) is 16.6. The Hall–Kier alpha value is -3.19. The molecule has 3 aromatic carbocycles. The van der Waals surface area contributed by atoms with E-state index in [1.165, 1.54) is 10.9 Å². The van der Waals surface area contributed by atoms with Gasteiger partial charge in [0.15, 0.2) is 0 Å². The molecule has 3 N–H and O–H groups in total. The van der Waals surface area contributed by atoms with Crippen LogP contribution in [0.2, 0.25) is 5.02 Å². The zero-order chi connectivity index (χ0) is 25.1. The quantitative estimate of drug-likeness (QED) is 0.246. The number of aryl methyl sites for hydroxylation is 2. The van der Waals surface area contributed by atoms with Gasteiger partial charge in [0.1, 0.15) is 0 Å². The van der Waals surface area contributed by atoms with Gasteiger partial charge in [-0.05, 0) is 75.1 Å². The standard InChI is InChI=1S/C31H31ClN2O/c1-17-15-25(24-11-8-10-22-18(2)16-33-29(22)24)23(14-13-21-9-7-12-26(32)19(21)3)27-20(4)30(35)31(5,6)34-28(17)27/h7-12,15-16,20,30,33-35H,1-6H3/t20-,30?/m0/s1. The molecular formula is C31H31ClN2O. The number of rotatable bonds is 1. The number of H-pyrrole nitrogens is 1. The summed E-state index contributed by atoms with van der Waals surface area (Å²) in [7, 11) is 0. The SMILES string of the molecule is Cc1cc(-c2cccc3c(C)c[nH]c23)c(C#Cc2cccc(Cl)c2C)c2c1NC(C)(C)C(O)[C@H]2C. The van der Waals surface area contributed by atoms with Crippen LogP contribution in [0.3, 0.4) is 0 Å². The van der Waals surface area contributed by atoms with Gasteiger partial charge in [0.2, 0.25) is 0 Å². The lowest BCUT2D eigenvalue weighted by Crippen LogP contribution is -2.50. The maximum Gasteiger partial charge on any atom is 0.0831 e. The monoisotopic (exact) mass is 482 g/mol. The highest BCUT2D eigenvalue weighted by Crippen LogP contribution is 2.46. The molecule has 4 aromatic rings. The Labute approximate surface area is 212 Å². The van der Waals surface area contributed by atoms with Crippen LogP contribution in [-0.2, 0) is 0 Å². The van der Waals surface area contributed by atoms with Gasteiger partial charge in [0, 0.05) is 50.5 Å². The molecular weight excluding hydrogens is 452 g/mol. The molecule has 3 nitrogen and oxygen atoms in total. The minimum atomic E-state index is -0.554. The maximum atomic E-state index is 11.2. The number of aromatic nitrogens is 1. The predicted octanol–water partition coefficient (Wildman–Crippen LogP) is 7.48. The van der Waals surface area contributed by atoms with E-state index in [1.807, 2.05) is 39.0 Å². The third kappa shape index (κ3) is 3.82. The Bertz CT molecular complexity index is 1530. The van der Waals surface area contributed by atoms with Crippen LogP contribution in [0.25, 0.3) is 22.0 Å². The second-order valence-electron chi connectivity index (χ2n) is 10.3. The number of aliphatic hydroxyl groups excluding tert-OH is 1. The number of halogens is 1. The van der Waals surface area contributed by atoms with E-state index in [9.17, 15) is 5.11 Å². The molecule has 5 rings (SSSR count). The third-order valence-electron chi connectivity index (χ3n) is 7.48. The van der Waals surface area contributed by atoms with E-state index in [0.717, 1.165) is 50.1 Å². The van der Waals surface area contributed by atoms with Crippen molar-refractivity contribution in [2.75, 3.05) is 5.32 Å². The van der Waals surface area contributed by atoms with E-state index in [-0.39, 0.29) is 5.92 Å². The molecule has 0 amide bonds. The van der Waals surface area contributed by atoms with Crippen LogP contribution in [0.1, 0.15) is 60.1 Å². The highest BCUT2D eigenvalue weighted by atomic mass is 35.5. The Balaban J connectivity index is 1.84. The largest absolute Gasteiger partial charge is 0.390 e. The number of hydrogen-bond acceptors (Lipinski definition) is 2. The van der Waals surface area contributed by atoms with Crippen LogP contribution in [-0.4, -0.2) is 21.7 Å². The minimum absolute atomic E-state index is 0.0887. The molecule has 178 valence electrons. The summed E-state index contributed by atoms with van der Waals surface area (Å²) in [5.74, 6) is 6.84. The molecule has 35 heavy (non-hydrogen) atoms. The molecule has 1 aliphatic rings. The van der Waals surface area contributed by atoms with Gasteiger partial charge in [-0.15, -0.1) is 0 Å². The number of benzene rings is 3. The molecule has 0 fully saturated rings. The Morgan fingerprint density at radius 2 is 1.71 bits per heavy atom. The summed E-state index contributed by atoms with van der Waals surface area (Å²) >= 11 is 6.39. The van der Waals surface area contributed by atoms with Crippen molar-refractivity contribution in [2.45, 2.75) is 59.1 Å². The van der Waals surface area contributed by atoms with E-state index in [1.54, 1.807) is 0 Å². The van der Waals surface area contributed by atoms with Crippen molar-refractivity contribution in [1.29, 1.82) is 0 Å². The van der Waals surface area contributed by atoms with E-state index >= 15 is 0 Å². The topological polar surface area (TPSA) is 48.0 Å². The average Bonchev–Trinajstić information content (AvgIpc) is 3.20. The van der Waals surface area contributed by atoms with Crippen molar-refractivity contribution in [2.24, 2.45) is 0 Å². The average molecular weight is 483 g/mol. The van der Waals surface area contributed by atoms with Crippen molar-refractivity contribution in [1.82, 2.24) is 4.98 Å². The number of aromatic amines is 1. The predicted molar refractivity (Wildman–Crippen MR) is 148 cm³/mol. The van der Waals surface area contributed by atoms with Crippen LogP contribution in [0.5, 0.6) is 0 Å². The first kappa shape index (κ1) is 23.5. The minimum Gasteiger partial charge on any atom is -0.390 e. The van der Waals surface area contributed by atoms with Gasteiger partial charge in [-0.3, -0.25) is 0 Å². The second-order valence-corrected chi connectivity index (χ2v) is 10.8. The van der Waals surface area contributed by atoms with Crippen LogP contribution < -0.4 is 5.32 Å². The van der Waals surface area contributed by atoms with E-state index in [2.05, 4.69) is 73.4 Å². The smallest absolute Gasteiger partial charge is 0.0831 e. The van der Waals surface area contributed by atoms with Gasteiger partial charge < -0.3 is 15.4 Å². The van der Waals surface area contributed by atoms with E-state index in [4.69, 9.17) is 11.6 Å². The molecule has 0 bridgehead atoms. The summed E-state index contributed by atoms with van der Waals surface area (Å²) in [6.45, 7) is 12.4. The van der Waals surface area contributed by atoms with Crippen molar-refractivity contribution >= 4 is 28.2 Å². The fraction of sp³-hybridized carbons (Fsp3) is 0.290. The van der Waals surface area contributed by atoms with E-state index < -0.39 is 11.6 Å². The summed E-state index contributed by atoms with van der Waals surface area (Å²) in [5.41, 5.74) is 10.2. The molecule has 1 aromatic heterocycles. The molecule has 2 atom stereocenters. The summed E-state index contributed by atoms with van der Waals surface area (Å²) in [6, 6.07) is 14.5. The molecule has 2 heterocycles. The van der Waals surface area contributed by atoms with Crippen LogP contribution in [0, 0.1) is 32.6 Å². The molecule has 0 aliphatic carbocycles. The van der Waals surface area contributed by atoms with Crippen LogP contribution >= 0.6 is 11.6 Å². The van der Waals surface area contributed by atoms with Gasteiger partial charge in [-0.1, -0.05) is 54.6 Å². The molecule has 0 radical (unpaired) electrons. The summed E-state index contributed by atoms with van der Waals surface area (Å²) in [5, 5.41) is 16.8. The lowest BCUT2D eigenvalue weighted by molar-refractivity contribution is 0.0868. The first-order valence-electron chi connectivity index (χ1n) is 12.1. The Morgan fingerprint density at radius 1 is 0.971 bits per heavy atom. The highest BCUT2D eigenvalue weighted by molar-refractivity contribution is 6.31. The van der Waals surface area contributed by atoms with E-state index in [0.29, 0.717) is 5.02 Å². The Kier molecular flexibility index (Phi) is 5.71. The molecule has 4 heteroatoms. The molecule has 1 unspecified atom stereocenters. The van der Waals surface area contributed by atoms with Crippen LogP contribution in [0.15, 0.2) is 48.7 Å². The normalized spacial score (nSPS) is 18.5. The highest BCUT2D eigenvalue weighted by Gasteiger charge is 2.40. The fourth-order valence-electron chi connectivity index (χ4n) is 5.38. The van der Waals surface area contributed by atoms with Gasteiger partial charge in [-0.2, -0.15) is 0 Å². The van der Waals surface area contributed by atoms with Gasteiger partial charge in [0.25, 0.3) is 0 Å². The number of fused-ring (bicyclic) bond motifs is 2. The fourth-order valence-corrected chi connectivity index (χ4v) is 5.56. The maximum absolute atomic E-state index is 11.2. The number of aliphatic hydroxyl groups is 1. The molecule has 0 saturated carbocycles. The Morgan fingerprint density at radius 3 is 2.49 bits per heavy atom. The van der Waals surface area contributed by atoms with Crippen LogP contribution in [0.4, 0.5) is 5.69 Å². The lowest BCUT2D eigenvalue weighted by atomic mass is 9.75.